The average molecular weight is 220 g/mol. The van der Waals surface area contributed by atoms with Crippen molar-refractivity contribution in [2.45, 2.75) is 6.92 Å². The van der Waals surface area contributed by atoms with Gasteiger partial charge in [-0.1, -0.05) is 12.1 Å². The number of fused-ring (bicyclic) bond motifs is 1. The van der Waals surface area contributed by atoms with E-state index in [0.29, 0.717) is 17.9 Å². The van der Waals surface area contributed by atoms with Crippen LogP contribution in [-0.4, -0.2) is 19.7 Å². The van der Waals surface area contributed by atoms with Crippen LogP contribution in [0.1, 0.15) is 17.5 Å². The van der Waals surface area contributed by atoms with E-state index >= 15 is 0 Å². The van der Waals surface area contributed by atoms with Crippen molar-refractivity contribution in [3.05, 3.63) is 30.0 Å². The highest BCUT2D eigenvalue weighted by Crippen LogP contribution is 2.28. The zero-order chi connectivity index (χ0) is 11.5. The molecule has 0 fully saturated rings. The van der Waals surface area contributed by atoms with Crippen LogP contribution in [-0.2, 0) is 4.74 Å². The molecule has 0 atom stereocenters. The molecular weight excluding hydrogens is 208 g/mol. The van der Waals surface area contributed by atoms with Crippen molar-refractivity contribution in [1.29, 1.82) is 0 Å². The maximum atomic E-state index is 11.3. The van der Waals surface area contributed by atoms with Crippen LogP contribution in [0, 0.1) is 0 Å². The summed E-state index contributed by atoms with van der Waals surface area (Å²) in [5, 5.41) is 0.825. The number of hydrogen-bond acceptors (Lipinski definition) is 4. The van der Waals surface area contributed by atoms with Gasteiger partial charge in [-0.15, -0.1) is 0 Å². The predicted molar refractivity (Wildman–Crippen MR) is 58.7 cm³/mol. The fraction of sp³-hybridized carbons (Fsp3) is 0.250. The quantitative estimate of drug-likeness (QED) is 0.746. The summed E-state index contributed by atoms with van der Waals surface area (Å²) < 4.78 is 15.4. The van der Waals surface area contributed by atoms with Crippen molar-refractivity contribution in [1.82, 2.24) is 0 Å². The van der Waals surface area contributed by atoms with E-state index in [1.165, 1.54) is 7.11 Å². The number of benzene rings is 1. The molecular formula is C12H12O4. The van der Waals surface area contributed by atoms with E-state index in [1.54, 1.807) is 12.1 Å². The van der Waals surface area contributed by atoms with Gasteiger partial charge in [0, 0.05) is 5.39 Å². The molecule has 1 aromatic carbocycles. The molecule has 4 nitrogen and oxygen atoms in total. The highest BCUT2D eigenvalue weighted by molar-refractivity contribution is 5.94. The summed E-state index contributed by atoms with van der Waals surface area (Å²) in [4.78, 5) is 11.3. The third-order valence-corrected chi connectivity index (χ3v) is 2.19. The summed E-state index contributed by atoms with van der Waals surface area (Å²) >= 11 is 0. The van der Waals surface area contributed by atoms with Gasteiger partial charge in [0.05, 0.1) is 13.7 Å². The van der Waals surface area contributed by atoms with Crippen LogP contribution in [0.15, 0.2) is 28.7 Å². The van der Waals surface area contributed by atoms with E-state index in [1.807, 2.05) is 19.1 Å². The summed E-state index contributed by atoms with van der Waals surface area (Å²) in [6.07, 6.45) is 0. The SMILES string of the molecule is CCOc1cccc2cc(C(=O)OC)oc12. The lowest BCUT2D eigenvalue weighted by Crippen LogP contribution is -1.98. The maximum absolute atomic E-state index is 11.3. The lowest BCUT2D eigenvalue weighted by atomic mass is 10.2. The number of furan rings is 1. The number of carbonyl (C=O) groups is 1. The molecule has 16 heavy (non-hydrogen) atoms. The molecule has 2 rings (SSSR count). The van der Waals surface area contributed by atoms with E-state index in [-0.39, 0.29) is 5.76 Å². The minimum atomic E-state index is -0.487. The van der Waals surface area contributed by atoms with Gasteiger partial charge < -0.3 is 13.9 Å². The second-order valence-electron chi connectivity index (χ2n) is 3.21. The Bertz CT molecular complexity index is 513. The zero-order valence-corrected chi connectivity index (χ0v) is 9.15. The molecule has 0 aliphatic rings. The molecule has 84 valence electrons. The predicted octanol–water partition coefficient (Wildman–Crippen LogP) is 2.62. The van der Waals surface area contributed by atoms with E-state index < -0.39 is 5.97 Å². The molecule has 0 unspecified atom stereocenters. The Hall–Kier alpha value is -1.97. The summed E-state index contributed by atoms with van der Waals surface area (Å²) in [6.45, 7) is 2.44. The molecule has 0 spiro atoms. The number of methoxy groups -OCH3 is 1. The Morgan fingerprint density at radius 1 is 1.44 bits per heavy atom. The highest BCUT2D eigenvalue weighted by atomic mass is 16.5. The molecule has 0 aliphatic heterocycles. The first-order chi connectivity index (χ1) is 7.76. The Kier molecular flexibility index (Phi) is 2.81. The normalized spacial score (nSPS) is 10.4. The largest absolute Gasteiger partial charge is 0.490 e. The van der Waals surface area contributed by atoms with Crippen LogP contribution >= 0.6 is 0 Å². The van der Waals surface area contributed by atoms with Gasteiger partial charge in [0.2, 0.25) is 5.76 Å². The number of esters is 1. The number of rotatable bonds is 3. The molecule has 0 radical (unpaired) electrons. The van der Waals surface area contributed by atoms with Crippen LogP contribution < -0.4 is 4.74 Å². The minimum Gasteiger partial charge on any atom is -0.490 e. The Morgan fingerprint density at radius 3 is 2.94 bits per heavy atom. The van der Waals surface area contributed by atoms with Crippen molar-refractivity contribution < 1.29 is 18.7 Å². The maximum Gasteiger partial charge on any atom is 0.373 e. The summed E-state index contributed by atoms with van der Waals surface area (Å²) in [5.74, 6) is 0.332. The van der Waals surface area contributed by atoms with Gasteiger partial charge >= 0.3 is 5.97 Å². The molecule has 1 heterocycles. The van der Waals surface area contributed by atoms with Gasteiger partial charge in [0.25, 0.3) is 0 Å². The molecule has 2 aromatic rings. The van der Waals surface area contributed by atoms with Gasteiger partial charge in [0.1, 0.15) is 0 Å². The number of hydrogen-bond donors (Lipinski definition) is 0. The molecule has 0 saturated heterocycles. The van der Waals surface area contributed by atoms with E-state index in [4.69, 9.17) is 9.15 Å². The second kappa shape index (κ2) is 4.26. The molecule has 0 bridgehead atoms. The van der Waals surface area contributed by atoms with Crippen LogP contribution in [0.5, 0.6) is 5.75 Å². The fourth-order valence-corrected chi connectivity index (χ4v) is 1.51. The first-order valence-corrected chi connectivity index (χ1v) is 5.00. The minimum absolute atomic E-state index is 0.185. The molecule has 1 aromatic heterocycles. The molecule has 0 saturated carbocycles. The second-order valence-corrected chi connectivity index (χ2v) is 3.21. The van der Waals surface area contributed by atoms with E-state index in [9.17, 15) is 4.79 Å². The van der Waals surface area contributed by atoms with Crippen molar-refractivity contribution >= 4 is 16.9 Å². The van der Waals surface area contributed by atoms with Gasteiger partial charge in [0.15, 0.2) is 11.3 Å². The van der Waals surface area contributed by atoms with Crippen LogP contribution in [0.25, 0.3) is 11.0 Å². The highest BCUT2D eigenvalue weighted by Gasteiger charge is 2.14. The van der Waals surface area contributed by atoms with Gasteiger partial charge in [-0.3, -0.25) is 0 Å². The average Bonchev–Trinajstić information content (AvgIpc) is 2.73. The zero-order valence-electron chi connectivity index (χ0n) is 9.15. The first kappa shape index (κ1) is 10.5. The lowest BCUT2D eigenvalue weighted by molar-refractivity contribution is 0.0567. The van der Waals surface area contributed by atoms with E-state index in [2.05, 4.69) is 4.74 Å². The summed E-state index contributed by atoms with van der Waals surface area (Å²) in [5.41, 5.74) is 0.574. The summed E-state index contributed by atoms with van der Waals surface area (Å²) in [7, 11) is 1.32. The lowest BCUT2D eigenvalue weighted by Gasteiger charge is -2.01. The topological polar surface area (TPSA) is 48.7 Å². The number of carbonyl (C=O) groups excluding carboxylic acids is 1. The third kappa shape index (κ3) is 1.74. The van der Waals surface area contributed by atoms with Gasteiger partial charge in [-0.2, -0.15) is 0 Å². The Balaban J connectivity index is 2.52. The molecule has 4 heteroatoms. The fourth-order valence-electron chi connectivity index (χ4n) is 1.51. The summed E-state index contributed by atoms with van der Waals surface area (Å²) in [6, 6.07) is 7.15. The monoisotopic (exact) mass is 220 g/mol. The van der Waals surface area contributed by atoms with Crippen LogP contribution in [0.2, 0.25) is 0 Å². The Labute approximate surface area is 92.8 Å². The van der Waals surface area contributed by atoms with Crippen molar-refractivity contribution in [3.8, 4) is 5.75 Å². The smallest absolute Gasteiger partial charge is 0.373 e. The number of ether oxygens (including phenoxy) is 2. The Morgan fingerprint density at radius 2 is 2.25 bits per heavy atom. The van der Waals surface area contributed by atoms with Crippen molar-refractivity contribution in [2.75, 3.05) is 13.7 Å². The first-order valence-electron chi connectivity index (χ1n) is 5.00. The van der Waals surface area contributed by atoms with Crippen molar-refractivity contribution in [2.24, 2.45) is 0 Å². The van der Waals surface area contributed by atoms with Gasteiger partial charge in [-0.25, -0.2) is 4.79 Å². The van der Waals surface area contributed by atoms with E-state index in [0.717, 1.165) is 5.39 Å². The third-order valence-electron chi connectivity index (χ3n) is 2.19. The van der Waals surface area contributed by atoms with Crippen molar-refractivity contribution in [3.63, 3.8) is 0 Å². The van der Waals surface area contributed by atoms with Crippen LogP contribution in [0.3, 0.4) is 0 Å². The molecule has 0 aliphatic carbocycles. The number of para-hydroxylation sites is 1. The van der Waals surface area contributed by atoms with Gasteiger partial charge in [-0.05, 0) is 19.1 Å². The molecule has 0 N–H and O–H groups in total. The van der Waals surface area contributed by atoms with Crippen LogP contribution in [0.4, 0.5) is 0 Å². The molecule has 0 amide bonds. The standard InChI is InChI=1S/C12H12O4/c1-3-15-9-6-4-5-8-7-10(12(13)14-2)16-11(8)9/h4-7H,3H2,1-2H3.